The normalized spacial score (nSPS) is 10.7. The summed E-state index contributed by atoms with van der Waals surface area (Å²) in [6.07, 6.45) is 2.48. The highest BCUT2D eigenvalue weighted by molar-refractivity contribution is 7.11. The van der Waals surface area contributed by atoms with E-state index in [-0.39, 0.29) is 5.91 Å². The maximum Gasteiger partial charge on any atom is 0.271 e. The molecule has 0 aliphatic heterocycles. The van der Waals surface area contributed by atoms with E-state index in [9.17, 15) is 4.79 Å². The third kappa shape index (κ3) is 2.76. The third-order valence-electron chi connectivity index (χ3n) is 2.80. The molecule has 0 fully saturated rings. The molecular formula is C12H17N5OS. The lowest BCUT2D eigenvalue weighted by Crippen LogP contribution is -2.25. The fourth-order valence-corrected chi connectivity index (χ4v) is 2.60. The molecule has 1 amide bonds. The van der Waals surface area contributed by atoms with Crippen molar-refractivity contribution >= 4 is 22.9 Å². The van der Waals surface area contributed by atoms with Crippen LogP contribution in [0.4, 0.5) is 5.69 Å². The van der Waals surface area contributed by atoms with Crippen LogP contribution < -0.4 is 11.1 Å². The molecule has 0 aromatic carbocycles. The second-order valence-electron chi connectivity index (χ2n) is 4.21. The minimum Gasteiger partial charge on any atom is -0.395 e. The van der Waals surface area contributed by atoms with Crippen molar-refractivity contribution in [3.63, 3.8) is 0 Å². The molecule has 0 aliphatic rings. The van der Waals surface area contributed by atoms with Crippen LogP contribution in [0.2, 0.25) is 0 Å². The largest absolute Gasteiger partial charge is 0.395 e. The Morgan fingerprint density at radius 3 is 2.84 bits per heavy atom. The van der Waals surface area contributed by atoms with Gasteiger partial charge in [-0.3, -0.25) is 9.48 Å². The summed E-state index contributed by atoms with van der Waals surface area (Å²) in [6.45, 7) is 4.35. The van der Waals surface area contributed by atoms with Gasteiger partial charge in [-0.2, -0.15) is 5.10 Å². The highest BCUT2D eigenvalue weighted by atomic mass is 32.1. The average molecular weight is 279 g/mol. The van der Waals surface area contributed by atoms with E-state index in [1.165, 1.54) is 4.68 Å². The summed E-state index contributed by atoms with van der Waals surface area (Å²) in [5.74, 6) is -0.210. The molecule has 6 nitrogen and oxygen atoms in total. The van der Waals surface area contributed by atoms with E-state index >= 15 is 0 Å². The summed E-state index contributed by atoms with van der Waals surface area (Å²) >= 11 is 1.56. The van der Waals surface area contributed by atoms with Crippen LogP contribution in [-0.4, -0.2) is 20.7 Å². The van der Waals surface area contributed by atoms with Crippen molar-refractivity contribution in [1.29, 1.82) is 0 Å². The zero-order valence-electron chi connectivity index (χ0n) is 11.2. The van der Waals surface area contributed by atoms with Crippen molar-refractivity contribution in [2.75, 3.05) is 5.73 Å². The molecule has 0 bridgehead atoms. The molecule has 0 atom stereocenters. The van der Waals surface area contributed by atoms with Crippen LogP contribution in [-0.2, 0) is 20.0 Å². The van der Waals surface area contributed by atoms with E-state index in [1.807, 2.05) is 13.8 Å². The van der Waals surface area contributed by atoms with E-state index in [4.69, 9.17) is 5.73 Å². The Kier molecular flexibility index (Phi) is 3.84. The van der Waals surface area contributed by atoms with Crippen LogP contribution in [0.15, 0.2) is 6.20 Å². The molecule has 0 saturated heterocycles. The van der Waals surface area contributed by atoms with Crippen molar-refractivity contribution in [2.24, 2.45) is 7.05 Å². The minimum atomic E-state index is -0.210. The maximum atomic E-state index is 12.1. The molecule has 2 rings (SSSR count). The minimum absolute atomic E-state index is 0.210. The number of nitrogens with two attached hydrogens (primary N) is 1. The number of rotatable bonds is 4. The average Bonchev–Trinajstić information content (AvgIpc) is 2.90. The molecule has 19 heavy (non-hydrogen) atoms. The Morgan fingerprint density at radius 2 is 2.32 bits per heavy atom. The molecule has 0 unspecified atom stereocenters. The van der Waals surface area contributed by atoms with E-state index in [2.05, 4.69) is 15.4 Å². The topological polar surface area (TPSA) is 85.8 Å². The zero-order valence-corrected chi connectivity index (χ0v) is 12.0. The first-order valence-electron chi connectivity index (χ1n) is 6.03. The van der Waals surface area contributed by atoms with Gasteiger partial charge in [-0.1, -0.05) is 6.92 Å². The summed E-state index contributed by atoms with van der Waals surface area (Å²) in [5.41, 5.74) is 7.56. The Labute approximate surface area is 115 Å². The molecule has 2 aromatic rings. The van der Waals surface area contributed by atoms with Gasteiger partial charge in [0.2, 0.25) is 0 Å². The lowest BCUT2D eigenvalue weighted by Gasteiger charge is -2.04. The Balaban J connectivity index is 2.10. The molecule has 102 valence electrons. The van der Waals surface area contributed by atoms with Crippen LogP contribution in [0.3, 0.4) is 0 Å². The van der Waals surface area contributed by atoms with Crippen molar-refractivity contribution in [3.8, 4) is 0 Å². The maximum absolute atomic E-state index is 12.1. The molecule has 0 spiro atoms. The second kappa shape index (κ2) is 5.40. The summed E-state index contributed by atoms with van der Waals surface area (Å²) in [5, 5.41) is 8.05. The number of thiazole rings is 1. The monoisotopic (exact) mass is 279 g/mol. The van der Waals surface area contributed by atoms with Crippen molar-refractivity contribution < 1.29 is 4.79 Å². The fourth-order valence-electron chi connectivity index (χ4n) is 1.86. The second-order valence-corrected chi connectivity index (χ2v) is 5.53. The highest BCUT2D eigenvalue weighted by Gasteiger charge is 2.18. The first-order chi connectivity index (χ1) is 9.02. The Hall–Kier alpha value is -1.89. The van der Waals surface area contributed by atoms with Gasteiger partial charge >= 0.3 is 0 Å². The van der Waals surface area contributed by atoms with Crippen LogP contribution in [0, 0.1) is 6.92 Å². The number of anilines is 1. The van der Waals surface area contributed by atoms with Crippen LogP contribution in [0.25, 0.3) is 0 Å². The molecule has 0 radical (unpaired) electrons. The predicted octanol–water partition coefficient (Wildman–Crippen LogP) is 1.26. The van der Waals surface area contributed by atoms with Gasteiger partial charge in [0.1, 0.15) is 5.69 Å². The Bertz CT molecular complexity index is 601. The first-order valence-corrected chi connectivity index (χ1v) is 6.85. The summed E-state index contributed by atoms with van der Waals surface area (Å²) in [7, 11) is 1.72. The molecular weight excluding hydrogens is 262 g/mol. The number of aryl methyl sites for hydroxylation is 3. The number of nitrogen functional groups attached to an aromatic ring is 1. The van der Waals surface area contributed by atoms with Gasteiger partial charge in [0.25, 0.3) is 5.91 Å². The molecule has 0 saturated carbocycles. The fraction of sp³-hybridized carbons (Fsp3) is 0.417. The lowest BCUT2D eigenvalue weighted by atomic mass is 10.2. The standard InChI is InChI=1S/C12H17N5OS/c1-4-9-10(13)11(17(3)16-9)12(18)15-6-8-5-14-7(2)19-8/h5H,4,6,13H2,1-3H3,(H,15,18). The third-order valence-corrected chi connectivity index (χ3v) is 3.72. The molecule has 7 heteroatoms. The van der Waals surface area contributed by atoms with Gasteiger partial charge in [0.05, 0.1) is 22.9 Å². The van der Waals surface area contributed by atoms with Crippen molar-refractivity contribution in [2.45, 2.75) is 26.8 Å². The number of carbonyl (C=O) groups is 1. The molecule has 2 aromatic heterocycles. The quantitative estimate of drug-likeness (QED) is 0.882. The van der Waals surface area contributed by atoms with Crippen molar-refractivity contribution in [3.05, 3.63) is 27.5 Å². The number of amides is 1. The zero-order chi connectivity index (χ0) is 14.0. The van der Waals surface area contributed by atoms with Gasteiger partial charge in [0, 0.05) is 18.1 Å². The molecule has 2 heterocycles. The number of carbonyl (C=O) groups excluding carboxylic acids is 1. The van der Waals surface area contributed by atoms with Gasteiger partial charge in [-0.15, -0.1) is 11.3 Å². The van der Waals surface area contributed by atoms with E-state index in [0.717, 1.165) is 15.6 Å². The van der Waals surface area contributed by atoms with Gasteiger partial charge in [0.15, 0.2) is 0 Å². The van der Waals surface area contributed by atoms with Crippen LogP contribution in [0.5, 0.6) is 0 Å². The van der Waals surface area contributed by atoms with E-state index in [1.54, 1.807) is 24.6 Å². The number of aromatic nitrogens is 3. The van der Waals surface area contributed by atoms with Crippen LogP contribution in [0.1, 0.15) is 33.0 Å². The van der Waals surface area contributed by atoms with Gasteiger partial charge in [-0.05, 0) is 13.3 Å². The highest BCUT2D eigenvalue weighted by Crippen LogP contribution is 2.17. The first kappa shape index (κ1) is 13.5. The SMILES string of the molecule is CCc1nn(C)c(C(=O)NCc2cnc(C)s2)c1N. The van der Waals surface area contributed by atoms with Gasteiger partial charge in [-0.25, -0.2) is 4.98 Å². The molecule has 3 N–H and O–H groups in total. The lowest BCUT2D eigenvalue weighted by molar-refractivity contribution is 0.0943. The molecule has 0 aliphatic carbocycles. The van der Waals surface area contributed by atoms with E-state index in [0.29, 0.717) is 24.3 Å². The summed E-state index contributed by atoms with van der Waals surface area (Å²) in [4.78, 5) is 17.3. The number of hydrogen-bond donors (Lipinski definition) is 2. The van der Waals surface area contributed by atoms with Crippen molar-refractivity contribution in [1.82, 2.24) is 20.1 Å². The number of hydrogen-bond acceptors (Lipinski definition) is 5. The smallest absolute Gasteiger partial charge is 0.271 e. The van der Waals surface area contributed by atoms with Crippen LogP contribution >= 0.6 is 11.3 Å². The summed E-state index contributed by atoms with van der Waals surface area (Å²) in [6, 6.07) is 0. The van der Waals surface area contributed by atoms with Gasteiger partial charge < -0.3 is 11.1 Å². The Morgan fingerprint density at radius 1 is 1.58 bits per heavy atom. The summed E-state index contributed by atoms with van der Waals surface area (Å²) < 4.78 is 1.53. The van der Waals surface area contributed by atoms with E-state index < -0.39 is 0 Å². The number of nitrogens with zero attached hydrogens (tertiary/aromatic N) is 3. The predicted molar refractivity (Wildman–Crippen MR) is 75.0 cm³/mol. The number of nitrogens with one attached hydrogen (secondary N) is 1.